The first kappa shape index (κ1) is 26.7. The van der Waals surface area contributed by atoms with Crippen LogP contribution in [0.4, 0.5) is 5.69 Å². The highest BCUT2D eigenvalue weighted by Gasteiger charge is 2.53. The molecule has 0 N–H and O–H groups in total. The Morgan fingerprint density at radius 1 is 1.00 bits per heavy atom. The fraction of sp³-hybridized carbons (Fsp3) is 0.588. The molecule has 7 heteroatoms. The molecular formula is C34H42N4O3. The zero-order chi connectivity index (χ0) is 27.9. The van der Waals surface area contributed by atoms with Gasteiger partial charge < -0.3 is 14.2 Å². The third kappa shape index (κ3) is 5.28. The Labute approximate surface area is 243 Å². The average molecular weight is 555 g/mol. The largest absolute Gasteiger partial charge is 0.494 e. The summed E-state index contributed by atoms with van der Waals surface area (Å²) in [7, 11) is 0. The second kappa shape index (κ2) is 10.9. The summed E-state index contributed by atoms with van der Waals surface area (Å²) in [5.41, 5.74) is 3.03. The Balaban J connectivity index is 1.15. The number of rotatable bonds is 9. The van der Waals surface area contributed by atoms with Gasteiger partial charge in [-0.3, -0.25) is 9.78 Å². The Morgan fingerprint density at radius 3 is 2.51 bits per heavy atom. The highest BCUT2D eigenvalue weighted by atomic mass is 16.5. The van der Waals surface area contributed by atoms with Crippen molar-refractivity contribution in [2.24, 2.45) is 11.3 Å². The van der Waals surface area contributed by atoms with Crippen molar-refractivity contribution in [1.29, 1.82) is 0 Å². The number of fused-ring (bicyclic) bond motifs is 3. The van der Waals surface area contributed by atoms with Gasteiger partial charge in [-0.05, 0) is 94.7 Å². The SMILES string of the molecule is CCOc1ccnc(-c2cccc(N(CC34CCC(c5nc(C6CC6)no5)(CC3)CC4)C(=O)C3CCCCC3)c2)c1. The number of anilines is 1. The van der Waals surface area contributed by atoms with Gasteiger partial charge in [-0.1, -0.05) is 36.6 Å². The number of pyridine rings is 1. The lowest BCUT2D eigenvalue weighted by Gasteiger charge is -2.53. The van der Waals surface area contributed by atoms with E-state index in [0.29, 0.717) is 18.4 Å². The molecule has 0 radical (unpaired) electrons. The van der Waals surface area contributed by atoms with Crippen molar-refractivity contribution in [3.8, 4) is 17.0 Å². The third-order valence-corrected chi connectivity index (χ3v) is 10.4. The lowest BCUT2D eigenvalue weighted by molar-refractivity contribution is -0.124. The van der Waals surface area contributed by atoms with Gasteiger partial charge in [0.1, 0.15) is 5.75 Å². The summed E-state index contributed by atoms with van der Waals surface area (Å²) in [4.78, 5) is 25.9. The lowest BCUT2D eigenvalue weighted by Crippen LogP contribution is -2.51. The molecule has 2 bridgehead atoms. The van der Waals surface area contributed by atoms with E-state index >= 15 is 0 Å². The maximum absolute atomic E-state index is 14.2. The van der Waals surface area contributed by atoms with Crippen LogP contribution < -0.4 is 9.64 Å². The van der Waals surface area contributed by atoms with E-state index in [1.807, 2.05) is 19.1 Å². The van der Waals surface area contributed by atoms with Gasteiger partial charge in [-0.15, -0.1) is 0 Å². The van der Waals surface area contributed by atoms with Gasteiger partial charge in [0.25, 0.3) is 0 Å². The first-order chi connectivity index (χ1) is 20.1. The van der Waals surface area contributed by atoms with E-state index in [1.54, 1.807) is 6.20 Å². The number of aromatic nitrogens is 3. The van der Waals surface area contributed by atoms with Crippen LogP contribution in [0.25, 0.3) is 11.3 Å². The van der Waals surface area contributed by atoms with Crippen LogP contribution >= 0.6 is 0 Å². The first-order valence-corrected chi connectivity index (χ1v) is 15.9. The summed E-state index contributed by atoms with van der Waals surface area (Å²) in [6.07, 6.45) is 16.2. The lowest BCUT2D eigenvalue weighted by atomic mass is 9.53. The molecule has 0 atom stereocenters. The zero-order valence-corrected chi connectivity index (χ0v) is 24.3. The topological polar surface area (TPSA) is 81.3 Å². The van der Waals surface area contributed by atoms with Gasteiger partial charge in [-0.25, -0.2) is 0 Å². The maximum atomic E-state index is 14.2. The van der Waals surface area contributed by atoms with Crippen molar-refractivity contribution in [2.45, 2.75) is 102 Å². The first-order valence-electron chi connectivity index (χ1n) is 15.9. The molecule has 5 aliphatic carbocycles. The summed E-state index contributed by atoms with van der Waals surface area (Å²) >= 11 is 0. The number of ether oxygens (including phenoxy) is 1. The second-order valence-corrected chi connectivity index (χ2v) is 13.1. The molecule has 41 heavy (non-hydrogen) atoms. The molecule has 3 aromatic rings. The number of benzene rings is 1. The Bertz CT molecular complexity index is 1370. The molecular weight excluding hydrogens is 512 g/mol. The van der Waals surface area contributed by atoms with Gasteiger partial charge in [-0.2, -0.15) is 4.98 Å². The summed E-state index contributed by atoms with van der Waals surface area (Å²) in [6, 6.07) is 12.3. The van der Waals surface area contributed by atoms with Crippen molar-refractivity contribution in [2.75, 3.05) is 18.1 Å². The number of carbonyl (C=O) groups is 1. The smallest absolute Gasteiger partial charge is 0.232 e. The standard InChI is InChI=1S/C34H42N4O3/c1-2-40-28-13-20-35-29(22-28)26-9-6-10-27(21-26)38(31(39)25-7-4-3-5-8-25)23-33-14-17-34(18-15-33,19-16-33)32-36-30(37-41-32)24-11-12-24/h6,9-10,13,20-22,24-25H,2-5,7-8,11-12,14-19,23H2,1H3. The summed E-state index contributed by atoms with van der Waals surface area (Å²) in [5, 5.41) is 4.34. The van der Waals surface area contributed by atoms with Gasteiger partial charge in [0.05, 0.1) is 12.3 Å². The molecule has 5 fully saturated rings. The fourth-order valence-corrected chi connectivity index (χ4v) is 7.64. The van der Waals surface area contributed by atoms with Crippen molar-refractivity contribution >= 4 is 11.6 Å². The predicted octanol–water partition coefficient (Wildman–Crippen LogP) is 7.61. The summed E-state index contributed by atoms with van der Waals surface area (Å²) in [6.45, 7) is 3.39. The Morgan fingerprint density at radius 2 is 1.78 bits per heavy atom. The van der Waals surface area contributed by atoms with Crippen LogP contribution in [0.2, 0.25) is 0 Å². The minimum atomic E-state index is 0.0251. The predicted molar refractivity (Wildman–Crippen MR) is 158 cm³/mol. The molecule has 5 aliphatic rings. The van der Waals surface area contributed by atoms with Crippen molar-refractivity contribution < 1.29 is 14.1 Å². The Hall–Kier alpha value is -3.22. The third-order valence-electron chi connectivity index (χ3n) is 10.4. The quantitative estimate of drug-likeness (QED) is 0.271. The fourth-order valence-electron chi connectivity index (χ4n) is 7.64. The van der Waals surface area contributed by atoms with Gasteiger partial charge in [0.15, 0.2) is 5.82 Å². The highest BCUT2D eigenvalue weighted by Crippen LogP contribution is 2.58. The van der Waals surface area contributed by atoms with Gasteiger partial charge in [0, 0.05) is 47.3 Å². The van der Waals surface area contributed by atoms with Crippen LogP contribution in [0.1, 0.15) is 108 Å². The molecule has 1 amide bonds. The molecule has 0 saturated heterocycles. The van der Waals surface area contributed by atoms with E-state index < -0.39 is 0 Å². The van der Waals surface area contributed by atoms with E-state index in [2.05, 4.69) is 39.3 Å². The molecule has 0 aliphatic heterocycles. The zero-order valence-electron chi connectivity index (χ0n) is 24.3. The van der Waals surface area contributed by atoms with E-state index in [1.165, 1.54) is 19.3 Å². The molecule has 2 heterocycles. The van der Waals surface area contributed by atoms with Crippen molar-refractivity contribution in [1.82, 2.24) is 15.1 Å². The monoisotopic (exact) mass is 554 g/mol. The van der Waals surface area contributed by atoms with E-state index in [4.69, 9.17) is 14.2 Å². The number of amides is 1. The highest BCUT2D eigenvalue weighted by molar-refractivity contribution is 5.95. The summed E-state index contributed by atoms with van der Waals surface area (Å²) in [5.74, 6) is 3.55. The Kier molecular flexibility index (Phi) is 7.08. The average Bonchev–Trinajstić information content (AvgIpc) is 3.76. The van der Waals surface area contributed by atoms with Gasteiger partial charge in [0.2, 0.25) is 11.8 Å². The van der Waals surface area contributed by atoms with Crippen molar-refractivity contribution in [3.63, 3.8) is 0 Å². The molecule has 7 nitrogen and oxygen atoms in total. The number of carbonyl (C=O) groups excluding carboxylic acids is 1. The van der Waals surface area contributed by atoms with Crippen molar-refractivity contribution in [3.05, 3.63) is 54.3 Å². The van der Waals surface area contributed by atoms with Crippen LogP contribution in [0, 0.1) is 11.3 Å². The molecule has 216 valence electrons. The molecule has 5 saturated carbocycles. The van der Waals surface area contributed by atoms with Crippen LogP contribution in [0.3, 0.4) is 0 Å². The molecule has 2 aromatic heterocycles. The number of nitrogens with zero attached hydrogens (tertiary/aromatic N) is 4. The molecule has 0 unspecified atom stereocenters. The maximum Gasteiger partial charge on any atom is 0.232 e. The van der Waals surface area contributed by atoms with Crippen LogP contribution in [-0.2, 0) is 10.2 Å². The second-order valence-electron chi connectivity index (χ2n) is 13.1. The van der Waals surface area contributed by atoms with Crippen LogP contribution in [0.15, 0.2) is 47.1 Å². The van der Waals surface area contributed by atoms with Crippen LogP contribution in [-0.4, -0.2) is 34.2 Å². The minimum absolute atomic E-state index is 0.0251. The van der Waals surface area contributed by atoms with E-state index in [0.717, 1.165) is 105 Å². The summed E-state index contributed by atoms with van der Waals surface area (Å²) < 4.78 is 11.6. The van der Waals surface area contributed by atoms with E-state index in [-0.39, 0.29) is 16.7 Å². The minimum Gasteiger partial charge on any atom is -0.494 e. The normalized spacial score (nSPS) is 26.2. The van der Waals surface area contributed by atoms with Crippen LogP contribution in [0.5, 0.6) is 5.75 Å². The molecule has 1 aromatic carbocycles. The number of hydrogen-bond donors (Lipinski definition) is 0. The molecule has 0 spiro atoms. The molecule has 8 rings (SSSR count). The van der Waals surface area contributed by atoms with Gasteiger partial charge >= 0.3 is 0 Å². The number of hydrogen-bond acceptors (Lipinski definition) is 6. The van der Waals surface area contributed by atoms with E-state index in [9.17, 15) is 4.79 Å².